The van der Waals surface area contributed by atoms with Crippen LogP contribution in [0.25, 0.3) is 0 Å². The van der Waals surface area contributed by atoms with Crippen LogP contribution in [0.4, 0.5) is 11.4 Å². The van der Waals surface area contributed by atoms with Crippen molar-refractivity contribution in [2.45, 2.75) is 107 Å². The molecule has 0 fully saturated rings. The molecule has 0 aliphatic carbocycles. The molecule has 35 heavy (non-hydrogen) atoms. The van der Waals surface area contributed by atoms with E-state index >= 15 is 0 Å². The first-order valence-electron chi connectivity index (χ1n) is 12.5. The number of rotatable bonds is 6. The van der Waals surface area contributed by atoms with Crippen LogP contribution in [-0.2, 0) is 20.4 Å². The van der Waals surface area contributed by atoms with Crippen LogP contribution < -0.4 is 22.2 Å². The van der Waals surface area contributed by atoms with Crippen LogP contribution in [0.2, 0.25) is 0 Å². The van der Waals surface area contributed by atoms with Gasteiger partial charge in [0, 0.05) is 44.2 Å². The zero-order chi connectivity index (χ0) is 24.0. The molecule has 2 aromatic carbocycles. The van der Waals surface area contributed by atoms with Gasteiger partial charge in [-0.2, -0.15) is 0 Å². The van der Waals surface area contributed by atoms with Gasteiger partial charge < -0.3 is 22.2 Å². The van der Waals surface area contributed by atoms with Crippen molar-refractivity contribution in [2.75, 3.05) is 9.80 Å². The molecule has 4 heteroatoms. The summed E-state index contributed by atoms with van der Waals surface area (Å²) < 4.78 is 0. The van der Waals surface area contributed by atoms with Gasteiger partial charge in [0.2, 0.25) is 0 Å². The summed E-state index contributed by atoms with van der Waals surface area (Å²) in [6.07, 6.45) is 5.68. The normalized spacial score (nSPS) is 12.4. The second kappa shape index (κ2) is 16.5. The van der Waals surface area contributed by atoms with E-state index in [1.54, 1.807) is 0 Å². The monoisotopic (exact) mass is 590 g/mol. The minimum Gasteiger partial charge on any atom is -1.00 e. The van der Waals surface area contributed by atoms with Gasteiger partial charge in [-0.15, -0.1) is 0 Å². The van der Waals surface area contributed by atoms with E-state index in [0.29, 0.717) is 23.7 Å². The maximum absolute atomic E-state index is 2.33. The molecule has 1 heterocycles. The van der Waals surface area contributed by atoms with Crippen molar-refractivity contribution in [3.63, 3.8) is 0 Å². The van der Waals surface area contributed by atoms with Crippen LogP contribution in [0.15, 0.2) is 48.8 Å². The van der Waals surface area contributed by atoms with Crippen LogP contribution in [0.3, 0.4) is 0 Å². The molecule has 2 aromatic rings. The SMILES string of the molecule is C.CC(C)c1cccc(C(C)C)c1N1[CH]N(c2c(C(C)C)cccc2C(C)C)C=C1.CCC.[Cl-].[Pd]. The van der Waals surface area contributed by atoms with E-state index in [1.807, 2.05) is 0 Å². The number of hydrogen-bond acceptors (Lipinski definition) is 2. The number of para-hydroxylation sites is 2. The smallest absolute Gasteiger partial charge is 0.150 e. The topological polar surface area (TPSA) is 6.48 Å². The van der Waals surface area contributed by atoms with Gasteiger partial charge in [0.25, 0.3) is 0 Å². The largest absolute Gasteiger partial charge is 1.00 e. The van der Waals surface area contributed by atoms with E-state index in [4.69, 9.17) is 0 Å². The molecule has 0 saturated carbocycles. The second-order valence-electron chi connectivity index (χ2n) is 10.1. The Morgan fingerprint density at radius 1 is 0.571 bits per heavy atom. The van der Waals surface area contributed by atoms with Crippen molar-refractivity contribution in [3.05, 3.63) is 77.7 Å². The molecule has 201 valence electrons. The minimum absolute atomic E-state index is 0. The summed E-state index contributed by atoms with van der Waals surface area (Å²) in [5, 5.41) is 0. The van der Waals surface area contributed by atoms with Crippen molar-refractivity contribution < 1.29 is 32.8 Å². The maximum atomic E-state index is 2.33. The summed E-state index contributed by atoms with van der Waals surface area (Å²) in [6.45, 7) is 24.8. The number of hydrogen-bond donors (Lipinski definition) is 0. The molecule has 0 N–H and O–H groups in total. The van der Waals surface area contributed by atoms with Crippen molar-refractivity contribution in [1.82, 2.24) is 0 Å². The van der Waals surface area contributed by atoms with Gasteiger partial charge in [-0.05, 0) is 45.9 Å². The summed E-state index contributed by atoms with van der Waals surface area (Å²) in [7, 11) is 0. The van der Waals surface area contributed by atoms with Gasteiger partial charge in [-0.25, -0.2) is 0 Å². The fourth-order valence-corrected chi connectivity index (χ4v) is 4.24. The van der Waals surface area contributed by atoms with Gasteiger partial charge >= 0.3 is 0 Å². The Morgan fingerprint density at radius 2 is 0.800 bits per heavy atom. The minimum atomic E-state index is 0. The zero-order valence-electron chi connectivity index (χ0n) is 22.8. The first kappa shape index (κ1) is 35.9. The molecule has 0 amide bonds. The summed E-state index contributed by atoms with van der Waals surface area (Å²) in [6, 6.07) is 13.5. The average Bonchev–Trinajstić information content (AvgIpc) is 3.22. The molecule has 1 radical (unpaired) electrons. The van der Waals surface area contributed by atoms with Crippen LogP contribution in [0, 0.1) is 6.67 Å². The molecule has 3 rings (SSSR count). The first-order chi connectivity index (χ1) is 15.1. The molecule has 2 nitrogen and oxygen atoms in total. The predicted octanol–water partition coefficient (Wildman–Crippen LogP) is 7.15. The Labute approximate surface area is 237 Å². The third kappa shape index (κ3) is 8.66. The Bertz CT molecular complexity index is 779. The summed E-state index contributed by atoms with van der Waals surface area (Å²) in [5.74, 6) is 1.92. The molecule has 0 bridgehead atoms. The molecule has 0 unspecified atom stereocenters. The van der Waals surface area contributed by atoms with Crippen LogP contribution in [0.5, 0.6) is 0 Å². The second-order valence-corrected chi connectivity index (χ2v) is 10.1. The molecule has 1 aliphatic rings. The summed E-state index contributed by atoms with van der Waals surface area (Å²) in [4.78, 5) is 4.65. The van der Waals surface area contributed by atoms with Gasteiger partial charge in [0.05, 0.1) is 0 Å². The van der Waals surface area contributed by atoms with Gasteiger partial charge in [-0.3, -0.25) is 0 Å². The standard InChI is InChI=1S/C27H37N2.C3H8.CH4.ClH.Pd/c1-18(2)22-11-9-12-23(19(3)4)26(22)28-15-16-29(17-28)27-24(20(5)6)13-10-14-25(27)21(7)8;1-3-2;;;/h9-21H,1-8H3;3H2,1-2H3;1H4;1H;/p-1. The van der Waals surface area contributed by atoms with Crippen molar-refractivity contribution in [1.29, 1.82) is 0 Å². The van der Waals surface area contributed by atoms with Gasteiger partial charge in [-0.1, -0.05) is 119 Å². The predicted molar refractivity (Wildman–Crippen MR) is 150 cm³/mol. The number of benzene rings is 2. The molecule has 0 aromatic heterocycles. The fraction of sp³-hybridized carbons (Fsp3) is 0.516. The van der Waals surface area contributed by atoms with E-state index in [2.05, 4.69) is 135 Å². The van der Waals surface area contributed by atoms with Crippen LogP contribution >= 0.6 is 0 Å². The fourth-order valence-electron chi connectivity index (χ4n) is 4.24. The number of nitrogens with zero attached hydrogens (tertiary/aromatic N) is 2. The van der Waals surface area contributed by atoms with Crippen molar-refractivity contribution in [3.8, 4) is 0 Å². The van der Waals surface area contributed by atoms with E-state index in [9.17, 15) is 0 Å². The molecular weight excluding hydrogens is 542 g/mol. The Kier molecular flexibility index (Phi) is 16.9. The molecule has 0 spiro atoms. The third-order valence-corrected chi connectivity index (χ3v) is 5.84. The van der Waals surface area contributed by atoms with Crippen LogP contribution in [-0.4, -0.2) is 0 Å². The maximum Gasteiger partial charge on any atom is 0.150 e. The molecular formula is C31H49ClN2Pd-. The summed E-state index contributed by atoms with van der Waals surface area (Å²) in [5.41, 5.74) is 8.29. The Hall–Kier alpha value is -1.27. The number of halogens is 1. The summed E-state index contributed by atoms with van der Waals surface area (Å²) >= 11 is 0. The molecule has 1 aliphatic heterocycles. The first-order valence-corrected chi connectivity index (χ1v) is 12.5. The van der Waals surface area contributed by atoms with Crippen molar-refractivity contribution >= 4 is 11.4 Å². The number of anilines is 2. The quantitative estimate of drug-likeness (QED) is 0.329. The molecule has 0 atom stereocenters. The van der Waals surface area contributed by atoms with E-state index in [-0.39, 0.29) is 40.3 Å². The van der Waals surface area contributed by atoms with E-state index in [0.717, 1.165) is 0 Å². The zero-order valence-corrected chi connectivity index (χ0v) is 25.1. The average molecular weight is 592 g/mol. The Balaban J connectivity index is 0. The Morgan fingerprint density at radius 3 is 1.00 bits per heavy atom. The molecule has 0 saturated heterocycles. The van der Waals surface area contributed by atoms with Gasteiger partial charge in [0.15, 0.2) is 6.67 Å². The van der Waals surface area contributed by atoms with E-state index in [1.165, 1.54) is 40.0 Å². The third-order valence-electron chi connectivity index (χ3n) is 5.84. The van der Waals surface area contributed by atoms with Gasteiger partial charge in [0.1, 0.15) is 0 Å². The van der Waals surface area contributed by atoms with E-state index < -0.39 is 0 Å². The van der Waals surface area contributed by atoms with Crippen LogP contribution in [0.1, 0.15) is 129 Å². The van der Waals surface area contributed by atoms with Crippen molar-refractivity contribution in [2.24, 2.45) is 0 Å².